The van der Waals surface area contributed by atoms with Crippen molar-refractivity contribution >= 4 is 34.4 Å². The maximum atomic E-state index is 12.7. The summed E-state index contributed by atoms with van der Waals surface area (Å²) >= 11 is 0. The lowest BCUT2D eigenvalue weighted by atomic mass is 9.85. The van der Waals surface area contributed by atoms with E-state index in [1.54, 1.807) is 42.6 Å². The van der Waals surface area contributed by atoms with Gasteiger partial charge in [0, 0.05) is 11.6 Å². The van der Waals surface area contributed by atoms with Gasteiger partial charge in [0.05, 0.1) is 23.1 Å². The number of nitrogens with zero attached hydrogens (tertiary/aromatic N) is 2. The molecule has 5 rings (SSSR count). The molecule has 0 saturated carbocycles. The highest BCUT2D eigenvalue weighted by Crippen LogP contribution is 2.37. The Morgan fingerprint density at radius 1 is 0.900 bits per heavy atom. The first-order valence-electron chi connectivity index (χ1n) is 9.82. The Kier molecular flexibility index (Phi) is 4.39. The fourth-order valence-electron chi connectivity index (χ4n) is 4.12. The number of hydrogen-bond acceptors (Lipinski definition) is 5. The third-order valence-electron chi connectivity index (χ3n) is 5.67. The fraction of sp³-hybridized carbons (Fsp3) is 0.167. The van der Waals surface area contributed by atoms with Crippen LogP contribution in [0.15, 0.2) is 72.9 Å². The average molecular weight is 398 g/mol. The number of benzene rings is 2. The number of allylic oxidation sites excluding steroid dienone is 2. The smallest absolute Gasteiger partial charge is 0.343 e. The Balaban J connectivity index is 1.37. The molecule has 30 heavy (non-hydrogen) atoms. The summed E-state index contributed by atoms with van der Waals surface area (Å²) in [5, 5.41) is 0.875. The predicted octanol–water partition coefficient (Wildman–Crippen LogP) is 3.91. The monoisotopic (exact) mass is 398 g/mol. The number of hydrogen-bond donors (Lipinski definition) is 0. The lowest BCUT2D eigenvalue weighted by Crippen LogP contribution is -2.30. The van der Waals surface area contributed by atoms with E-state index in [-0.39, 0.29) is 23.7 Å². The first-order chi connectivity index (χ1) is 14.6. The van der Waals surface area contributed by atoms with Gasteiger partial charge < -0.3 is 4.74 Å². The molecule has 1 aliphatic heterocycles. The van der Waals surface area contributed by atoms with Crippen molar-refractivity contribution < 1.29 is 19.1 Å². The highest BCUT2D eigenvalue weighted by molar-refractivity contribution is 6.22. The van der Waals surface area contributed by atoms with Gasteiger partial charge in [0.2, 0.25) is 11.8 Å². The molecule has 1 aromatic heterocycles. The number of ether oxygens (including phenoxy) is 1. The van der Waals surface area contributed by atoms with E-state index in [1.807, 2.05) is 30.4 Å². The van der Waals surface area contributed by atoms with E-state index in [0.717, 1.165) is 5.39 Å². The van der Waals surface area contributed by atoms with Gasteiger partial charge in [-0.05, 0) is 49.2 Å². The Hall–Kier alpha value is -3.80. The van der Waals surface area contributed by atoms with Crippen LogP contribution in [0.3, 0.4) is 0 Å². The van der Waals surface area contributed by atoms with Crippen molar-refractivity contribution in [2.45, 2.75) is 12.8 Å². The molecule has 0 bridgehead atoms. The van der Waals surface area contributed by atoms with Crippen LogP contribution < -0.4 is 9.64 Å². The topological polar surface area (TPSA) is 76.6 Å². The number of esters is 1. The quantitative estimate of drug-likeness (QED) is 0.289. The van der Waals surface area contributed by atoms with Crippen molar-refractivity contribution in [1.82, 2.24) is 4.98 Å². The summed E-state index contributed by atoms with van der Waals surface area (Å²) in [7, 11) is 0. The number of pyridine rings is 1. The van der Waals surface area contributed by atoms with E-state index in [0.29, 0.717) is 35.4 Å². The number of imide groups is 1. The van der Waals surface area contributed by atoms with Crippen LogP contribution in [-0.4, -0.2) is 22.8 Å². The van der Waals surface area contributed by atoms with E-state index < -0.39 is 5.97 Å². The number of amides is 2. The maximum Gasteiger partial charge on any atom is 0.343 e. The van der Waals surface area contributed by atoms with Crippen LogP contribution in [0.4, 0.5) is 5.69 Å². The minimum absolute atomic E-state index is 0.175. The molecule has 148 valence electrons. The molecule has 2 aliphatic rings. The zero-order valence-corrected chi connectivity index (χ0v) is 16.0. The Morgan fingerprint density at radius 2 is 1.57 bits per heavy atom. The van der Waals surface area contributed by atoms with Gasteiger partial charge in [-0.1, -0.05) is 30.4 Å². The van der Waals surface area contributed by atoms with Gasteiger partial charge in [-0.25, -0.2) is 4.79 Å². The number of rotatable bonds is 3. The van der Waals surface area contributed by atoms with Crippen LogP contribution in [0.1, 0.15) is 23.2 Å². The summed E-state index contributed by atoms with van der Waals surface area (Å²) in [6, 6.07) is 15.5. The summed E-state index contributed by atoms with van der Waals surface area (Å²) in [6.45, 7) is 0. The molecule has 3 aromatic rings. The van der Waals surface area contributed by atoms with E-state index in [4.69, 9.17) is 4.74 Å². The van der Waals surface area contributed by atoms with Crippen molar-refractivity contribution in [1.29, 1.82) is 0 Å². The molecular formula is C24H18N2O4. The molecule has 0 spiro atoms. The van der Waals surface area contributed by atoms with Crippen molar-refractivity contribution in [2.24, 2.45) is 11.8 Å². The molecule has 0 radical (unpaired) electrons. The van der Waals surface area contributed by atoms with Crippen molar-refractivity contribution in [3.63, 3.8) is 0 Å². The number of aromatic nitrogens is 1. The molecule has 1 saturated heterocycles. The molecule has 1 fully saturated rings. The number of para-hydroxylation sites is 1. The Morgan fingerprint density at radius 3 is 2.27 bits per heavy atom. The first kappa shape index (κ1) is 18.2. The van der Waals surface area contributed by atoms with Crippen LogP contribution in [0, 0.1) is 11.8 Å². The SMILES string of the molecule is O=C(Oc1cccc2cccnc12)c1ccc(N2C(=O)[C@@H]3CC=CC[C@H]3C2=O)cc1. The summed E-state index contributed by atoms with van der Waals surface area (Å²) < 4.78 is 5.54. The average Bonchev–Trinajstić information content (AvgIpc) is 3.04. The van der Waals surface area contributed by atoms with Crippen LogP contribution in [0.25, 0.3) is 10.9 Å². The number of carbonyl (C=O) groups is 3. The number of anilines is 1. The highest BCUT2D eigenvalue weighted by Gasteiger charge is 2.47. The summed E-state index contributed by atoms with van der Waals surface area (Å²) in [5.41, 5.74) is 1.40. The van der Waals surface area contributed by atoms with Crippen LogP contribution in [-0.2, 0) is 9.59 Å². The Labute approximate surface area is 172 Å². The minimum atomic E-state index is -0.531. The predicted molar refractivity (Wildman–Crippen MR) is 111 cm³/mol. The van der Waals surface area contributed by atoms with Crippen LogP contribution in [0.5, 0.6) is 5.75 Å². The standard InChI is InChI=1S/C24H18N2O4/c27-22-18-7-1-2-8-19(18)23(28)26(22)17-12-10-16(11-13-17)24(29)30-20-9-3-5-15-6-4-14-25-21(15)20/h1-6,9-14,18-19H,7-8H2/t18-,19-/m1/s1. The minimum Gasteiger partial charge on any atom is -0.421 e. The van der Waals surface area contributed by atoms with E-state index in [9.17, 15) is 14.4 Å². The highest BCUT2D eigenvalue weighted by atomic mass is 16.5. The third kappa shape index (κ3) is 2.97. The molecule has 0 N–H and O–H groups in total. The molecule has 6 nitrogen and oxygen atoms in total. The summed E-state index contributed by atoms with van der Waals surface area (Å²) in [5.74, 6) is -1.07. The largest absolute Gasteiger partial charge is 0.421 e. The normalized spacial score (nSPS) is 20.5. The zero-order valence-electron chi connectivity index (χ0n) is 16.0. The first-order valence-corrected chi connectivity index (χ1v) is 9.82. The van der Waals surface area contributed by atoms with Crippen molar-refractivity contribution in [2.75, 3.05) is 4.90 Å². The van der Waals surface area contributed by atoms with Gasteiger partial charge in [-0.15, -0.1) is 0 Å². The molecule has 2 heterocycles. The van der Waals surface area contributed by atoms with Crippen LogP contribution in [0.2, 0.25) is 0 Å². The second-order valence-corrected chi connectivity index (χ2v) is 7.44. The lowest BCUT2D eigenvalue weighted by Gasteiger charge is -2.15. The number of carbonyl (C=O) groups excluding carboxylic acids is 3. The van der Waals surface area contributed by atoms with E-state index in [1.165, 1.54) is 4.90 Å². The third-order valence-corrected chi connectivity index (χ3v) is 5.67. The second kappa shape index (κ2) is 7.22. The van der Waals surface area contributed by atoms with Crippen molar-refractivity contribution in [3.8, 4) is 5.75 Å². The molecule has 2 aromatic carbocycles. The molecule has 2 amide bonds. The molecular weight excluding hydrogens is 380 g/mol. The fourth-order valence-corrected chi connectivity index (χ4v) is 4.12. The Bertz CT molecular complexity index is 1170. The number of fused-ring (bicyclic) bond motifs is 2. The van der Waals surface area contributed by atoms with Gasteiger partial charge in [0.1, 0.15) is 5.52 Å². The van der Waals surface area contributed by atoms with Crippen LogP contribution >= 0.6 is 0 Å². The van der Waals surface area contributed by atoms with Gasteiger partial charge >= 0.3 is 5.97 Å². The van der Waals surface area contributed by atoms with Gasteiger partial charge in [-0.3, -0.25) is 19.5 Å². The van der Waals surface area contributed by atoms with E-state index in [2.05, 4.69) is 4.98 Å². The lowest BCUT2D eigenvalue weighted by molar-refractivity contribution is -0.122. The molecule has 0 unspecified atom stereocenters. The molecule has 2 atom stereocenters. The van der Waals surface area contributed by atoms with Gasteiger partial charge in [0.25, 0.3) is 0 Å². The maximum absolute atomic E-state index is 12.7. The van der Waals surface area contributed by atoms with E-state index >= 15 is 0 Å². The van der Waals surface area contributed by atoms with Gasteiger partial charge in [-0.2, -0.15) is 0 Å². The molecule has 1 aliphatic carbocycles. The van der Waals surface area contributed by atoms with Crippen molar-refractivity contribution in [3.05, 3.63) is 78.5 Å². The molecule has 6 heteroatoms. The summed E-state index contributed by atoms with van der Waals surface area (Å²) in [4.78, 5) is 43.6. The summed E-state index contributed by atoms with van der Waals surface area (Å²) in [6.07, 6.45) is 6.74. The van der Waals surface area contributed by atoms with Gasteiger partial charge in [0.15, 0.2) is 5.75 Å². The second-order valence-electron chi connectivity index (χ2n) is 7.44. The zero-order chi connectivity index (χ0) is 20.7.